The minimum absolute atomic E-state index is 0.0478. The summed E-state index contributed by atoms with van der Waals surface area (Å²) in [6, 6.07) is 1.11. The maximum atomic E-state index is 12.3. The van der Waals surface area contributed by atoms with Crippen LogP contribution in [0, 0.1) is 0 Å². The molecule has 2 amide bonds. The number of carboxylic acid groups (broad SMARTS) is 1. The van der Waals surface area contributed by atoms with E-state index in [0.717, 1.165) is 38.0 Å². The molecule has 0 bridgehead atoms. The number of nitrogens with two attached hydrogens (primary N) is 1. The van der Waals surface area contributed by atoms with Crippen LogP contribution < -0.4 is 5.73 Å². The molecule has 2 rings (SSSR count). The van der Waals surface area contributed by atoms with Gasteiger partial charge in [0.05, 0.1) is 5.56 Å². The molecule has 1 aromatic heterocycles. The Balaban J connectivity index is 2.19. The van der Waals surface area contributed by atoms with Crippen LogP contribution in [0.1, 0.15) is 46.6 Å². The van der Waals surface area contributed by atoms with Gasteiger partial charge in [-0.15, -0.1) is 0 Å². The molecule has 0 saturated heterocycles. The summed E-state index contributed by atoms with van der Waals surface area (Å²) in [5.74, 6) is -2.36. The van der Waals surface area contributed by atoms with Crippen molar-refractivity contribution in [3.05, 3.63) is 23.7 Å². The number of amides is 2. The number of hydrogen-bond donors (Lipinski definition) is 2. The lowest BCUT2D eigenvalue weighted by molar-refractivity contribution is -0.119. The Morgan fingerprint density at radius 1 is 1.35 bits per heavy atom. The van der Waals surface area contributed by atoms with Crippen LogP contribution in [-0.4, -0.2) is 40.4 Å². The third-order valence-electron chi connectivity index (χ3n) is 3.41. The fourth-order valence-corrected chi connectivity index (χ4v) is 2.45. The highest BCUT2D eigenvalue weighted by Gasteiger charge is 2.30. The topological polar surface area (TPSA) is 114 Å². The lowest BCUT2D eigenvalue weighted by atomic mass is 10.2. The second-order valence-electron chi connectivity index (χ2n) is 4.84. The zero-order valence-corrected chi connectivity index (χ0v) is 10.9. The van der Waals surface area contributed by atoms with Gasteiger partial charge in [0.25, 0.3) is 5.91 Å². The first-order chi connectivity index (χ1) is 9.49. The molecule has 7 nitrogen and oxygen atoms in total. The zero-order chi connectivity index (χ0) is 14.7. The molecule has 1 aliphatic carbocycles. The number of primary amides is 1. The van der Waals surface area contributed by atoms with Gasteiger partial charge in [-0.1, -0.05) is 12.8 Å². The Labute approximate surface area is 115 Å². The Morgan fingerprint density at radius 3 is 2.50 bits per heavy atom. The first-order valence-corrected chi connectivity index (χ1v) is 6.40. The highest BCUT2D eigenvalue weighted by atomic mass is 16.4. The van der Waals surface area contributed by atoms with E-state index in [1.165, 1.54) is 4.90 Å². The van der Waals surface area contributed by atoms with Crippen LogP contribution in [0.2, 0.25) is 0 Å². The summed E-state index contributed by atoms with van der Waals surface area (Å²) < 4.78 is 4.99. The molecule has 3 N–H and O–H groups in total. The fraction of sp³-hybridized carbons (Fsp3) is 0.462. The number of nitrogens with zero attached hydrogens (tertiary/aromatic N) is 1. The maximum Gasteiger partial charge on any atom is 0.338 e. The van der Waals surface area contributed by atoms with E-state index in [0.29, 0.717) is 0 Å². The molecule has 0 spiro atoms. The smallest absolute Gasteiger partial charge is 0.338 e. The van der Waals surface area contributed by atoms with E-state index in [1.54, 1.807) is 0 Å². The van der Waals surface area contributed by atoms with Gasteiger partial charge in [-0.2, -0.15) is 0 Å². The first-order valence-electron chi connectivity index (χ1n) is 6.40. The summed E-state index contributed by atoms with van der Waals surface area (Å²) in [5.41, 5.74) is 5.07. The maximum absolute atomic E-state index is 12.3. The van der Waals surface area contributed by atoms with Crippen molar-refractivity contribution in [2.24, 2.45) is 5.73 Å². The van der Waals surface area contributed by atoms with Gasteiger partial charge in [0.15, 0.2) is 5.76 Å². The van der Waals surface area contributed by atoms with Crippen LogP contribution in [0.5, 0.6) is 0 Å². The summed E-state index contributed by atoms with van der Waals surface area (Å²) in [6.45, 7) is -0.188. The van der Waals surface area contributed by atoms with Gasteiger partial charge >= 0.3 is 5.97 Å². The molecule has 0 atom stereocenters. The summed E-state index contributed by atoms with van der Waals surface area (Å²) in [7, 11) is 0. The number of carboxylic acids is 1. The lowest BCUT2D eigenvalue weighted by Crippen LogP contribution is -2.44. The van der Waals surface area contributed by atoms with Crippen molar-refractivity contribution in [1.82, 2.24) is 4.90 Å². The van der Waals surface area contributed by atoms with Crippen molar-refractivity contribution in [3.63, 3.8) is 0 Å². The average molecular weight is 280 g/mol. The van der Waals surface area contributed by atoms with Crippen LogP contribution in [0.4, 0.5) is 0 Å². The van der Waals surface area contributed by atoms with Crippen LogP contribution in [-0.2, 0) is 4.79 Å². The lowest BCUT2D eigenvalue weighted by Gasteiger charge is -2.26. The van der Waals surface area contributed by atoms with Gasteiger partial charge in [-0.3, -0.25) is 9.59 Å². The second kappa shape index (κ2) is 5.77. The average Bonchev–Trinajstić information content (AvgIpc) is 3.05. The van der Waals surface area contributed by atoms with Crippen molar-refractivity contribution >= 4 is 17.8 Å². The standard InChI is InChI=1S/C13H16N2O5/c14-11(16)6-15(9-3-1-2-4-9)12(17)10-5-8(7-20-10)13(18)19/h5,7,9H,1-4,6H2,(H2,14,16)(H,18,19). The van der Waals surface area contributed by atoms with E-state index < -0.39 is 17.8 Å². The number of carbonyl (C=O) groups is 3. The second-order valence-corrected chi connectivity index (χ2v) is 4.84. The molecule has 7 heteroatoms. The van der Waals surface area contributed by atoms with Crippen LogP contribution in [0.3, 0.4) is 0 Å². The molecule has 0 radical (unpaired) electrons. The number of aromatic carboxylic acids is 1. The molecule has 0 aliphatic heterocycles. The van der Waals surface area contributed by atoms with Crippen molar-refractivity contribution < 1.29 is 23.9 Å². The molecule has 1 heterocycles. The number of carbonyl (C=O) groups excluding carboxylic acids is 2. The largest absolute Gasteiger partial charge is 0.478 e. The van der Waals surface area contributed by atoms with E-state index >= 15 is 0 Å². The number of hydrogen-bond acceptors (Lipinski definition) is 4. The molecule has 0 unspecified atom stereocenters. The minimum Gasteiger partial charge on any atom is -0.478 e. The molecule has 108 valence electrons. The first kappa shape index (κ1) is 14.1. The third kappa shape index (κ3) is 2.98. The summed E-state index contributed by atoms with van der Waals surface area (Å²) in [6.07, 6.45) is 4.61. The summed E-state index contributed by atoms with van der Waals surface area (Å²) in [5, 5.41) is 8.82. The predicted molar refractivity (Wildman–Crippen MR) is 68.2 cm³/mol. The molecule has 1 saturated carbocycles. The molecular formula is C13H16N2O5. The van der Waals surface area contributed by atoms with Crippen molar-refractivity contribution in [2.75, 3.05) is 6.54 Å². The van der Waals surface area contributed by atoms with Gasteiger partial charge in [0.1, 0.15) is 12.8 Å². The number of rotatable bonds is 5. The molecule has 1 aliphatic rings. The number of furan rings is 1. The third-order valence-corrected chi connectivity index (χ3v) is 3.41. The Morgan fingerprint density at radius 2 is 2.00 bits per heavy atom. The monoisotopic (exact) mass is 280 g/mol. The highest BCUT2D eigenvalue weighted by molar-refractivity contribution is 5.97. The minimum atomic E-state index is -1.17. The summed E-state index contributed by atoms with van der Waals surface area (Å²) >= 11 is 0. The SMILES string of the molecule is NC(=O)CN(C(=O)c1cc(C(=O)O)co1)C1CCCC1. The molecular weight excluding hydrogens is 264 g/mol. The molecule has 0 aromatic carbocycles. The van der Waals surface area contributed by atoms with E-state index in [1.807, 2.05) is 0 Å². The van der Waals surface area contributed by atoms with Gasteiger partial charge in [0, 0.05) is 12.1 Å². The Kier molecular flexibility index (Phi) is 4.07. The van der Waals surface area contributed by atoms with E-state index in [4.69, 9.17) is 15.3 Å². The van der Waals surface area contributed by atoms with Gasteiger partial charge < -0.3 is 20.2 Å². The van der Waals surface area contributed by atoms with E-state index in [2.05, 4.69) is 0 Å². The zero-order valence-electron chi connectivity index (χ0n) is 10.9. The van der Waals surface area contributed by atoms with Gasteiger partial charge in [-0.25, -0.2) is 4.79 Å². The van der Waals surface area contributed by atoms with Gasteiger partial charge in [-0.05, 0) is 12.8 Å². The normalized spacial score (nSPS) is 15.2. The van der Waals surface area contributed by atoms with Crippen molar-refractivity contribution in [1.29, 1.82) is 0 Å². The molecule has 20 heavy (non-hydrogen) atoms. The Hall–Kier alpha value is -2.31. The van der Waals surface area contributed by atoms with E-state index in [-0.39, 0.29) is 23.9 Å². The quantitative estimate of drug-likeness (QED) is 0.829. The van der Waals surface area contributed by atoms with E-state index in [9.17, 15) is 14.4 Å². The van der Waals surface area contributed by atoms with Crippen LogP contribution >= 0.6 is 0 Å². The molecule has 1 aromatic rings. The van der Waals surface area contributed by atoms with Crippen LogP contribution in [0.25, 0.3) is 0 Å². The van der Waals surface area contributed by atoms with Crippen molar-refractivity contribution in [2.45, 2.75) is 31.7 Å². The fourth-order valence-electron chi connectivity index (χ4n) is 2.45. The predicted octanol–water partition coefficient (Wildman–Crippen LogP) is 0.848. The highest BCUT2D eigenvalue weighted by Crippen LogP contribution is 2.25. The molecule has 1 fully saturated rings. The van der Waals surface area contributed by atoms with Crippen molar-refractivity contribution in [3.8, 4) is 0 Å². The summed E-state index contributed by atoms with van der Waals surface area (Å²) in [4.78, 5) is 35.6. The van der Waals surface area contributed by atoms with Crippen LogP contribution in [0.15, 0.2) is 16.7 Å². The van der Waals surface area contributed by atoms with Gasteiger partial charge in [0.2, 0.25) is 5.91 Å². The Bertz CT molecular complexity index is 531.